The standard InChI is InChI=1S/C34H52O8/c1-19(35)40-24-25-29(7)13-16-34(42-29,28(5,6)38)39-18-33(25)15-14-32-17-31(32)12-11-23(37)27(3,4)21(31)9-10-22(32)30(33,8)26(24)41-20(2)36/h21-26,37-38H,9-18H2,1-8H3/t21?,22?,23-,24+,25+,26+,29-,30+,31+,32-,33-,34-/m0/s1. The van der Waals surface area contributed by atoms with Crippen LogP contribution in [0.2, 0.25) is 0 Å². The van der Waals surface area contributed by atoms with E-state index in [1.165, 1.54) is 13.8 Å². The van der Waals surface area contributed by atoms with Crippen molar-refractivity contribution in [2.24, 2.45) is 44.8 Å². The van der Waals surface area contributed by atoms with Crippen LogP contribution >= 0.6 is 0 Å². The first-order valence-electron chi connectivity index (χ1n) is 16.4. The van der Waals surface area contributed by atoms with E-state index in [0.29, 0.717) is 25.4 Å². The third-order valence-electron chi connectivity index (χ3n) is 14.9. The molecule has 0 amide bonds. The fraction of sp³-hybridized carbons (Fsp3) is 0.941. The lowest BCUT2D eigenvalue weighted by molar-refractivity contribution is -0.316. The van der Waals surface area contributed by atoms with Crippen LogP contribution in [0.4, 0.5) is 0 Å². The second-order valence-corrected chi connectivity index (χ2v) is 17.1. The van der Waals surface area contributed by atoms with Crippen LogP contribution in [0.1, 0.15) is 113 Å². The summed E-state index contributed by atoms with van der Waals surface area (Å²) in [4.78, 5) is 25.6. The summed E-state index contributed by atoms with van der Waals surface area (Å²) in [5.74, 6) is -1.47. The maximum atomic E-state index is 12.9. The first kappa shape index (κ1) is 29.5. The molecular weight excluding hydrogens is 536 g/mol. The predicted molar refractivity (Wildman–Crippen MR) is 153 cm³/mol. The summed E-state index contributed by atoms with van der Waals surface area (Å²) in [5.41, 5.74) is -2.85. The first-order valence-corrected chi connectivity index (χ1v) is 16.4. The summed E-state index contributed by atoms with van der Waals surface area (Å²) in [6, 6.07) is 0. The number of esters is 2. The Morgan fingerprint density at radius 1 is 0.833 bits per heavy atom. The minimum absolute atomic E-state index is 0.0996. The highest BCUT2D eigenvalue weighted by molar-refractivity contribution is 5.68. The van der Waals surface area contributed by atoms with E-state index in [-0.39, 0.29) is 46.1 Å². The average molecular weight is 589 g/mol. The molecule has 8 heteroatoms. The van der Waals surface area contributed by atoms with Crippen LogP contribution in [0.25, 0.3) is 0 Å². The first-order chi connectivity index (χ1) is 19.4. The molecule has 2 heterocycles. The molecule has 2 saturated heterocycles. The molecule has 3 spiro atoms. The lowest BCUT2D eigenvalue weighted by Crippen LogP contribution is -2.63. The van der Waals surface area contributed by atoms with Gasteiger partial charge in [0, 0.05) is 37.0 Å². The van der Waals surface area contributed by atoms with E-state index in [4.69, 9.17) is 18.9 Å². The summed E-state index contributed by atoms with van der Waals surface area (Å²) in [6.45, 7) is 15.7. The molecule has 2 aliphatic heterocycles. The molecular formula is C34H52O8. The number of rotatable bonds is 3. The van der Waals surface area contributed by atoms with Crippen molar-refractivity contribution < 1.29 is 38.7 Å². The molecule has 0 radical (unpaired) electrons. The van der Waals surface area contributed by atoms with E-state index in [0.717, 1.165) is 44.9 Å². The van der Waals surface area contributed by atoms with Crippen molar-refractivity contribution in [3.63, 3.8) is 0 Å². The van der Waals surface area contributed by atoms with Gasteiger partial charge in [-0.05, 0) is 100 Å². The Balaban J connectivity index is 1.40. The second-order valence-electron chi connectivity index (χ2n) is 17.1. The van der Waals surface area contributed by atoms with Crippen LogP contribution in [0.5, 0.6) is 0 Å². The molecule has 2 bridgehead atoms. The highest BCUT2D eigenvalue weighted by atomic mass is 16.7. The van der Waals surface area contributed by atoms with E-state index < -0.39 is 40.0 Å². The molecule has 42 heavy (non-hydrogen) atoms. The Labute approximate surface area is 250 Å². The van der Waals surface area contributed by atoms with Crippen molar-refractivity contribution in [3.8, 4) is 0 Å². The van der Waals surface area contributed by atoms with E-state index in [9.17, 15) is 19.8 Å². The average Bonchev–Trinajstić information content (AvgIpc) is 3.36. The third kappa shape index (κ3) is 3.19. The topological polar surface area (TPSA) is 112 Å². The number of fused-ring (bicyclic) bond motifs is 4. The number of aliphatic hydroxyl groups excluding tert-OH is 1. The van der Waals surface area contributed by atoms with Crippen molar-refractivity contribution in [1.82, 2.24) is 0 Å². The van der Waals surface area contributed by atoms with Gasteiger partial charge in [-0.2, -0.15) is 0 Å². The van der Waals surface area contributed by atoms with Gasteiger partial charge in [-0.25, -0.2) is 0 Å². The molecule has 12 atom stereocenters. The maximum absolute atomic E-state index is 12.9. The fourth-order valence-corrected chi connectivity index (χ4v) is 13.2. The van der Waals surface area contributed by atoms with Gasteiger partial charge in [0.05, 0.1) is 18.3 Å². The van der Waals surface area contributed by atoms with Crippen molar-refractivity contribution in [3.05, 3.63) is 0 Å². The minimum atomic E-state index is -1.23. The molecule has 0 aromatic rings. The number of carbonyl (C=O) groups excluding carboxylic acids is 2. The van der Waals surface area contributed by atoms with E-state index >= 15 is 0 Å². The SMILES string of the molecule is CC(=O)O[C@H]1[C@@H](OC(C)=O)[C@@]2(C)C3CCC4C(C)(C)[C@@H](O)CC[C@@]45C[C@@]35CC[C@@]23CO[C@@]2(C(C)(C)O)CC[C@](C)(O2)[C@@H]13. The van der Waals surface area contributed by atoms with Crippen LogP contribution in [-0.4, -0.2) is 64.1 Å². The van der Waals surface area contributed by atoms with Gasteiger partial charge in [0.2, 0.25) is 0 Å². The largest absolute Gasteiger partial charge is 0.458 e. The molecule has 236 valence electrons. The monoisotopic (exact) mass is 588 g/mol. The van der Waals surface area contributed by atoms with E-state index in [1.54, 1.807) is 13.8 Å². The van der Waals surface area contributed by atoms with Gasteiger partial charge in [-0.15, -0.1) is 0 Å². The zero-order valence-corrected chi connectivity index (χ0v) is 26.9. The zero-order valence-electron chi connectivity index (χ0n) is 26.9. The Morgan fingerprint density at radius 3 is 2.10 bits per heavy atom. The molecule has 0 aromatic carbocycles. The number of hydrogen-bond acceptors (Lipinski definition) is 8. The van der Waals surface area contributed by atoms with Gasteiger partial charge >= 0.3 is 11.9 Å². The van der Waals surface area contributed by atoms with Crippen LogP contribution in [0.3, 0.4) is 0 Å². The molecule has 2 N–H and O–H groups in total. The predicted octanol–water partition coefficient (Wildman–Crippen LogP) is 4.92. The Hall–Kier alpha value is -1.22. The smallest absolute Gasteiger partial charge is 0.303 e. The molecule has 7 rings (SSSR count). The third-order valence-corrected chi connectivity index (χ3v) is 14.9. The van der Waals surface area contributed by atoms with Gasteiger partial charge in [0.1, 0.15) is 17.8 Å². The lowest BCUT2D eigenvalue weighted by Gasteiger charge is -2.64. The van der Waals surface area contributed by atoms with Crippen molar-refractivity contribution in [1.29, 1.82) is 0 Å². The van der Waals surface area contributed by atoms with Gasteiger partial charge in [0.25, 0.3) is 0 Å². The number of aliphatic hydroxyl groups is 2. The van der Waals surface area contributed by atoms with Crippen molar-refractivity contribution in [2.75, 3.05) is 6.61 Å². The van der Waals surface area contributed by atoms with Crippen molar-refractivity contribution >= 4 is 11.9 Å². The molecule has 0 aromatic heterocycles. The molecule has 7 aliphatic rings. The molecule has 7 fully saturated rings. The summed E-state index contributed by atoms with van der Waals surface area (Å²) >= 11 is 0. The quantitative estimate of drug-likeness (QED) is 0.447. The number of ether oxygens (including phenoxy) is 4. The van der Waals surface area contributed by atoms with E-state index in [1.807, 2.05) is 0 Å². The highest BCUT2D eigenvalue weighted by Crippen LogP contribution is 2.89. The van der Waals surface area contributed by atoms with Crippen LogP contribution in [0, 0.1) is 44.8 Å². The summed E-state index contributed by atoms with van der Waals surface area (Å²) in [6.07, 6.45) is 6.53. The number of carbonyl (C=O) groups is 2. The zero-order chi connectivity index (χ0) is 30.5. The summed E-state index contributed by atoms with van der Waals surface area (Å²) < 4.78 is 26.4. The lowest BCUT2D eigenvalue weighted by atomic mass is 9.41. The second kappa shape index (κ2) is 8.32. The minimum Gasteiger partial charge on any atom is -0.458 e. The molecule has 5 aliphatic carbocycles. The van der Waals surface area contributed by atoms with Crippen LogP contribution in [0.15, 0.2) is 0 Å². The number of hydrogen-bond donors (Lipinski definition) is 2. The molecule has 5 saturated carbocycles. The normalized spacial score (nSPS) is 55.2. The van der Waals surface area contributed by atoms with Crippen LogP contribution in [-0.2, 0) is 28.5 Å². The summed E-state index contributed by atoms with van der Waals surface area (Å²) in [7, 11) is 0. The summed E-state index contributed by atoms with van der Waals surface area (Å²) in [5, 5.41) is 22.4. The van der Waals surface area contributed by atoms with Gasteiger partial charge in [0.15, 0.2) is 5.79 Å². The molecule has 8 nitrogen and oxygen atoms in total. The Morgan fingerprint density at radius 2 is 1.45 bits per heavy atom. The van der Waals surface area contributed by atoms with Crippen molar-refractivity contribution in [2.45, 2.75) is 148 Å². The van der Waals surface area contributed by atoms with E-state index in [2.05, 4.69) is 27.7 Å². The van der Waals surface area contributed by atoms with Gasteiger partial charge < -0.3 is 29.2 Å². The van der Waals surface area contributed by atoms with Gasteiger partial charge in [-0.3, -0.25) is 9.59 Å². The van der Waals surface area contributed by atoms with Gasteiger partial charge in [-0.1, -0.05) is 20.8 Å². The Kier molecular flexibility index (Phi) is 5.84. The molecule has 2 unspecified atom stereocenters. The highest BCUT2D eigenvalue weighted by Gasteiger charge is 2.88. The fourth-order valence-electron chi connectivity index (χ4n) is 13.2. The maximum Gasteiger partial charge on any atom is 0.303 e. The van der Waals surface area contributed by atoms with Crippen LogP contribution < -0.4 is 0 Å². The Bertz CT molecular complexity index is 1210.